The zero-order chi connectivity index (χ0) is 24.0. The summed E-state index contributed by atoms with van der Waals surface area (Å²) >= 11 is 2.75. The number of amides is 1. The Balaban J connectivity index is 1.64. The summed E-state index contributed by atoms with van der Waals surface area (Å²) in [4.78, 5) is 34.7. The number of aliphatic hydroxyl groups excluding tert-OH is 1. The minimum atomic E-state index is -0.705. The minimum absolute atomic E-state index is 0.100. The zero-order valence-electron chi connectivity index (χ0n) is 18.9. The number of hydrogen-bond donors (Lipinski definition) is 1. The van der Waals surface area contributed by atoms with Crippen molar-refractivity contribution < 1.29 is 14.7 Å². The number of ketones is 1. The van der Waals surface area contributed by atoms with Crippen molar-refractivity contribution >= 4 is 40.1 Å². The van der Waals surface area contributed by atoms with Crippen LogP contribution < -0.4 is 4.90 Å². The van der Waals surface area contributed by atoms with Gasteiger partial charge in [-0.25, -0.2) is 4.98 Å². The smallest absolute Gasteiger partial charge is 0.294 e. The van der Waals surface area contributed by atoms with E-state index >= 15 is 0 Å². The number of nitrogens with zero attached hydrogens (tertiary/aromatic N) is 2. The molecule has 1 atom stereocenters. The molecule has 1 aliphatic rings. The molecule has 2 aromatic carbocycles. The van der Waals surface area contributed by atoms with E-state index in [9.17, 15) is 14.7 Å². The lowest BCUT2D eigenvalue weighted by molar-refractivity contribution is -0.117. The summed E-state index contributed by atoms with van der Waals surface area (Å²) in [5.74, 6) is -1.44. The van der Waals surface area contributed by atoms with Gasteiger partial charge in [-0.15, -0.1) is 22.7 Å². The topological polar surface area (TPSA) is 70.5 Å². The number of thiophene rings is 1. The molecule has 4 aromatic rings. The lowest BCUT2D eigenvalue weighted by Crippen LogP contribution is -2.31. The Morgan fingerprint density at radius 1 is 1.03 bits per heavy atom. The van der Waals surface area contributed by atoms with Crippen molar-refractivity contribution in [3.05, 3.63) is 104 Å². The first-order chi connectivity index (χ1) is 16.4. The summed E-state index contributed by atoms with van der Waals surface area (Å²) < 4.78 is 0. The number of rotatable bonds is 5. The maximum Gasteiger partial charge on any atom is 0.294 e. The highest BCUT2D eigenvalue weighted by atomic mass is 32.1. The first-order valence-electron chi connectivity index (χ1n) is 10.8. The number of anilines is 1. The highest BCUT2D eigenvalue weighted by molar-refractivity contribution is 7.17. The van der Waals surface area contributed by atoms with Crippen molar-refractivity contribution in [3.63, 3.8) is 0 Å². The molecule has 5 rings (SSSR count). The summed E-state index contributed by atoms with van der Waals surface area (Å²) in [5, 5.41) is 13.7. The van der Waals surface area contributed by atoms with E-state index in [1.54, 1.807) is 6.92 Å². The van der Waals surface area contributed by atoms with Crippen molar-refractivity contribution in [2.45, 2.75) is 26.8 Å². The third kappa shape index (κ3) is 3.67. The fourth-order valence-electron chi connectivity index (χ4n) is 4.23. The molecule has 0 spiro atoms. The Hall–Kier alpha value is -3.55. The van der Waals surface area contributed by atoms with Crippen LogP contribution in [0.1, 0.15) is 37.4 Å². The van der Waals surface area contributed by atoms with Crippen molar-refractivity contribution in [1.29, 1.82) is 0 Å². The van der Waals surface area contributed by atoms with Crippen LogP contribution in [0.2, 0.25) is 0 Å². The van der Waals surface area contributed by atoms with Gasteiger partial charge in [-0.1, -0.05) is 42.5 Å². The van der Waals surface area contributed by atoms with Crippen LogP contribution in [0.4, 0.5) is 5.69 Å². The Kier molecular flexibility index (Phi) is 5.67. The second-order valence-electron chi connectivity index (χ2n) is 8.28. The van der Waals surface area contributed by atoms with Crippen LogP contribution in [0.15, 0.2) is 77.4 Å². The van der Waals surface area contributed by atoms with Crippen molar-refractivity contribution in [1.82, 2.24) is 4.98 Å². The normalized spacial score (nSPS) is 15.9. The maximum atomic E-state index is 13.9. The largest absolute Gasteiger partial charge is 0.503 e. The van der Waals surface area contributed by atoms with Crippen molar-refractivity contribution in [2.24, 2.45) is 0 Å². The number of carbonyl (C=O) groups excluding carboxylic acids is 2. The van der Waals surface area contributed by atoms with E-state index in [4.69, 9.17) is 0 Å². The molecular weight excluding hydrogens is 464 g/mol. The SMILES string of the molecule is Cc1cccc(N2C(=O)C(O)=C(C(=O)c3sc(-c4ccccc4)nc3C)C2c2sccc2C)c1. The number of aromatic nitrogens is 1. The van der Waals surface area contributed by atoms with Gasteiger partial charge in [-0.3, -0.25) is 14.5 Å². The van der Waals surface area contributed by atoms with Gasteiger partial charge in [0.1, 0.15) is 11.0 Å². The monoisotopic (exact) mass is 486 g/mol. The number of Topliss-reactive ketones (excluding diaryl/α,β-unsaturated/α-hetero) is 1. The average Bonchev–Trinajstić information content (AvgIpc) is 3.50. The lowest BCUT2D eigenvalue weighted by atomic mass is 9.98. The second-order valence-corrected chi connectivity index (χ2v) is 10.2. The quantitative estimate of drug-likeness (QED) is 0.324. The molecular formula is C27H22N2O3S2. The molecule has 0 aliphatic carbocycles. The van der Waals surface area contributed by atoms with Crippen LogP contribution in [0.3, 0.4) is 0 Å². The minimum Gasteiger partial charge on any atom is -0.503 e. The number of hydrogen-bond acceptors (Lipinski definition) is 6. The van der Waals surface area contributed by atoms with Gasteiger partial charge in [-0.05, 0) is 55.5 Å². The molecule has 3 heterocycles. The Morgan fingerprint density at radius 2 is 1.79 bits per heavy atom. The molecule has 0 bridgehead atoms. The molecule has 0 saturated carbocycles. The lowest BCUT2D eigenvalue weighted by Gasteiger charge is -2.26. The van der Waals surface area contributed by atoms with E-state index in [-0.39, 0.29) is 11.4 Å². The zero-order valence-corrected chi connectivity index (χ0v) is 20.5. The van der Waals surface area contributed by atoms with Crippen LogP contribution in [-0.4, -0.2) is 21.8 Å². The van der Waals surface area contributed by atoms with Gasteiger partial charge >= 0.3 is 0 Å². The molecule has 1 amide bonds. The molecule has 0 fully saturated rings. The number of aliphatic hydroxyl groups is 1. The second kappa shape index (κ2) is 8.66. The predicted octanol–water partition coefficient (Wildman–Crippen LogP) is 6.58. The van der Waals surface area contributed by atoms with E-state index in [1.807, 2.05) is 79.9 Å². The van der Waals surface area contributed by atoms with Crippen LogP contribution >= 0.6 is 22.7 Å². The third-order valence-electron chi connectivity index (χ3n) is 5.91. The van der Waals surface area contributed by atoms with Crippen LogP contribution in [0, 0.1) is 20.8 Å². The molecule has 170 valence electrons. The molecule has 7 heteroatoms. The van der Waals surface area contributed by atoms with E-state index in [1.165, 1.54) is 27.6 Å². The number of benzene rings is 2. The third-order valence-corrected chi connectivity index (χ3v) is 8.18. The summed E-state index contributed by atoms with van der Waals surface area (Å²) in [6.45, 7) is 5.68. The molecule has 1 unspecified atom stereocenters. The molecule has 0 saturated heterocycles. The molecule has 1 N–H and O–H groups in total. The van der Waals surface area contributed by atoms with Gasteiger partial charge in [0.25, 0.3) is 5.91 Å². The standard InChI is InChI=1S/C27H22N2O3S2/c1-15-8-7-11-19(14-15)29-21(24-16(2)12-13-33-24)20(23(31)27(29)32)22(30)25-17(3)28-26(34-25)18-9-5-4-6-10-18/h4-14,21,31H,1-3H3. The van der Waals surface area contributed by atoms with Gasteiger partial charge < -0.3 is 5.11 Å². The molecule has 1 aliphatic heterocycles. The molecule has 2 aromatic heterocycles. The van der Waals surface area contributed by atoms with Gasteiger partial charge in [0.05, 0.1) is 16.1 Å². The highest BCUT2D eigenvalue weighted by Gasteiger charge is 2.46. The van der Waals surface area contributed by atoms with Crippen LogP contribution in [-0.2, 0) is 4.79 Å². The first-order valence-corrected chi connectivity index (χ1v) is 12.5. The highest BCUT2D eigenvalue weighted by Crippen LogP contribution is 2.45. The van der Waals surface area contributed by atoms with E-state index in [0.29, 0.717) is 16.3 Å². The Morgan fingerprint density at radius 3 is 2.47 bits per heavy atom. The molecule has 34 heavy (non-hydrogen) atoms. The number of thiazole rings is 1. The Labute approximate surface area is 205 Å². The fraction of sp³-hybridized carbons (Fsp3) is 0.148. The molecule has 5 nitrogen and oxygen atoms in total. The van der Waals surface area contributed by atoms with E-state index in [2.05, 4.69) is 4.98 Å². The maximum absolute atomic E-state index is 13.9. The average molecular weight is 487 g/mol. The summed E-state index contributed by atoms with van der Waals surface area (Å²) in [5.41, 5.74) is 4.19. The van der Waals surface area contributed by atoms with Gasteiger partial charge in [-0.2, -0.15) is 0 Å². The van der Waals surface area contributed by atoms with Gasteiger partial charge in [0.15, 0.2) is 5.76 Å². The Bertz CT molecular complexity index is 1450. The van der Waals surface area contributed by atoms with Gasteiger partial charge in [0, 0.05) is 16.1 Å². The fourth-order valence-corrected chi connectivity index (χ4v) is 6.28. The van der Waals surface area contributed by atoms with Crippen LogP contribution in [0.5, 0.6) is 0 Å². The van der Waals surface area contributed by atoms with Crippen molar-refractivity contribution in [3.8, 4) is 10.6 Å². The molecule has 0 radical (unpaired) electrons. The summed E-state index contributed by atoms with van der Waals surface area (Å²) in [6.07, 6.45) is 0. The summed E-state index contributed by atoms with van der Waals surface area (Å²) in [6, 6.07) is 18.4. The van der Waals surface area contributed by atoms with E-state index in [0.717, 1.165) is 26.6 Å². The van der Waals surface area contributed by atoms with E-state index < -0.39 is 17.7 Å². The number of carbonyl (C=O) groups is 2. The van der Waals surface area contributed by atoms with Gasteiger partial charge in [0.2, 0.25) is 5.78 Å². The van der Waals surface area contributed by atoms with Crippen molar-refractivity contribution in [2.75, 3.05) is 4.90 Å². The first kappa shape index (κ1) is 22.3. The predicted molar refractivity (Wildman–Crippen MR) is 137 cm³/mol. The summed E-state index contributed by atoms with van der Waals surface area (Å²) in [7, 11) is 0. The van der Waals surface area contributed by atoms with Crippen LogP contribution in [0.25, 0.3) is 10.6 Å². The number of aryl methyl sites for hydroxylation is 3.